The Morgan fingerprint density at radius 1 is 1.22 bits per heavy atom. The molecule has 1 aromatic rings. The van der Waals surface area contributed by atoms with Crippen LogP contribution >= 0.6 is 23.2 Å². The highest BCUT2D eigenvalue weighted by Crippen LogP contribution is 2.24. The molecule has 0 radical (unpaired) electrons. The van der Waals surface area contributed by atoms with E-state index >= 15 is 0 Å². The SMILES string of the molecule is CC(C)C(CNC(=O)OC(C)(C)C)NCc1c(Cl)cccc1Cl. The molecule has 0 spiro atoms. The molecule has 0 aliphatic carbocycles. The van der Waals surface area contributed by atoms with Crippen LogP contribution < -0.4 is 10.6 Å². The summed E-state index contributed by atoms with van der Waals surface area (Å²) in [5.41, 5.74) is 0.356. The van der Waals surface area contributed by atoms with E-state index in [1.807, 2.05) is 39.0 Å². The van der Waals surface area contributed by atoms with E-state index in [1.54, 1.807) is 0 Å². The van der Waals surface area contributed by atoms with Gasteiger partial charge in [0.25, 0.3) is 0 Å². The standard InChI is InChI=1S/C17H26Cl2N2O2/c1-11(2)15(10-21-16(22)23-17(3,4)5)20-9-12-13(18)7-6-8-14(12)19/h6-8,11,15,20H,9-10H2,1-5H3,(H,21,22). The second-order valence-electron chi connectivity index (χ2n) is 6.81. The monoisotopic (exact) mass is 360 g/mol. The Bertz CT molecular complexity index is 508. The number of ether oxygens (including phenoxy) is 1. The van der Waals surface area contributed by atoms with Crippen molar-refractivity contribution in [2.45, 2.75) is 52.8 Å². The van der Waals surface area contributed by atoms with E-state index < -0.39 is 11.7 Å². The summed E-state index contributed by atoms with van der Waals surface area (Å²) in [5.74, 6) is 0.325. The van der Waals surface area contributed by atoms with E-state index in [9.17, 15) is 4.79 Å². The van der Waals surface area contributed by atoms with Crippen molar-refractivity contribution in [3.8, 4) is 0 Å². The van der Waals surface area contributed by atoms with Gasteiger partial charge in [-0.3, -0.25) is 0 Å². The van der Waals surface area contributed by atoms with Gasteiger partial charge in [0, 0.05) is 34.7 Å². The van der Waals surface area contributed by atoms with Gasteiger partial charge >= 0.3 is 6.09 Å². The van der Waals surface area contributed by atoms with Crippen molar-refractivity contribution in [1.82, 2.24) is 10.6 Å². The van der Waals surface area contributed by atoms with Crippen molar-refractivity contribution in [2.75, 3.05) is 6.54 Å². The smallest absolute Gasteiger partial charge is 0.407 e. The van der Waals surface area contributed by atoms with Crippen molar-refractivity contribution >= 4 is 29.3 Å². The summed E-state index contributed by atoms with van der Waals surface area (Å²) >= 11 is 12.4. The summed E-state index contributed by atoms with van der Waals surface area (Å²) in [6, 6.07) is 5.52. The number of hydrogen-bond acceptors (Lipinski definition) is 3. The molecule has 1 aromatic carbocycles. The molecule has 0 bridgehead atoms. The second-order valence-corrected chi connectivity index (χ2v) is 7.63. The molecule has 1 rings (SSSR count). The molecule has 0 saturated carbocycles. The molecule has 0 aromatic heterocycles. The van der Waals surface area contributed by atoms with Gasteiger partial charge in [0.2, 0.25) is 0 Å². The van der Waals surface area contributed by atoms with Crippen LogP contribution in [0.1, 0.15) is 40.2 Å². The fourth-order valence-electron chi connectivity index (χ4n) is 1.99. The van der Waals surface area contributed by atoms with E-state index in [1.165, 1.54) is 0 Å². The van der Waals surface area contributed by atoms with Crippen LogP contribution in [-0.4, -0.2) is 24.3 Å². The van der Waals surface area contributed by atoms with Crippen molar-refractivity contribution in [3.63, 3.8) is 0 Å². The molecule has 1 unspecified atom stereocenters. The van der Waals surface area contributed by atoms with Gasteiger partial charge in [-0.2, -0.15) is 0 Å². The van der Waals surface area contributed by atoms with E-state index in [4.69, 9.17) is 27.9 Å². The Balaban J connectivity index is 2.58. The third-order valence-electron chi connectivity index (χ3n) is 3.27. The number of halogens is 2. The molecule has 0 heterocycles. The van der Waals surface area contributed by atoms with Crippen LogP contribution in [0.5, 0.6) is 0 Å². The highest BCUT2D eigenvalue weighted by Gasteiger charge is 2.19. The zero-order valence-electron chi connectivity index (χ0n) is 14.4. The van der Waals surface area contributed by atoms with Crippen LogP contribution in [0.2, 0.25) is 10.0 Å². The first-order chi connectivity index (χ1) is 10.6. The molecular weight excluding hydrogens is 335 g/mol. The van der Waals surface area contributed by atoms with Crippen LogP contribution in [0.25, 0.3) is 0 Å². The predicted molar refractivity (Wildman–Crippen MR) is 96.2 cm³/mol. The molecule has 0 fully saturated rings. The second kappa shape index (κ2) is 8.76. The molecule has 6 heteroatoms. The maximum absolute atomic E-state index is 11.8. The Hall–Kier alpha value is -0.970. The quantitative estimate of drug-likeness (QED) is 0.777. The van der Waals surface area contributed by atoms with Gasteiger partial charge in [0.15, 0.2) is 0 Å². The summed E-state index contributed by atoms with van der Waals surface area (Å²) in [4.78, 5) is 11.8. The predicted octanol–water partition coefficient (Wildman–Crippen LogP) is 4.63. The fourth-order valence-corrected chi connectivity index (χ4v) is 2.52. The lowest BCUT2D eigenvalue weighted by atomic mass is 10.0. The van der Waals surface area contributed by atoms with Crippen LogP contribution in [0.3, 0.4) is 0 Å². The molecule has 0 saturated heterocycles. The molecule has 4 nitrogen and oxygen atoms in total. The average molecular weight is 361 g/mol. The Morgan fingerprint density at radius 3 is 2.26 bits per heavy atom. The van der Waals surface area contributed by atoms with E-state index in [-0.39, 0.29) is 6.04 Å². The number of carbonyl (C=O) groups excluding carboxylic acids is 1. The molecule has 1 atom stereocenters. The van der Waals surface area contributed by atoms with E-state index in [0.29, 0.717) is 29.1 Å². The molecule has 23 heavy (non-hydrogen) atoms. The lowest BCUT2D eigenvalue weighted by molar-refractivity contribution is 0.0519. The first-order valence-corrected chi connectivity index (χ1v) is 8.49. The number of amides is 1. The third kappa shape index (κ3) is 7.42. The normalized spacial score (nSPS) is 13.0. The maximum Gasteiger partial charge on any atom is 0.407 e. The molecule has 0 aliphatic rings. The van der Waals surface area contributed by atoms with Crippen LogP contribution in [-0.2, 0) is 11.3 Å². The molecular formula is C17H26Cl2N2O2. The summed E-state index contributed by atoms with van der Waals surface area (Å²) in [5, 5.41) is 7.46. The summed E-state index contributed by atoms with van der Waals surface area (Å²) in [7, 11) is 0. The van der Waals surface area contributed by atoms with Crippen molar-refractivity contribution in [2.24, 2.45) is 5.92 Å². The number of alkyl carbamates (subject to hydrolysis) is 1. The fraction of sp³-hybridized carbons (Fsp3) is 0.588. The minimum Gasteiger partial charge on any atom is -0.444 e. The molecule has 130 valence electrons. The zero-order chi connectivity index (χ0) is 17.6. The molecule has 0 aliphatic heterocycles. The van der Waals surface area contributed by atoms with E-state index in [2.05, 4.69) is 24.5 Å². The number of rotatable bonds is 6. The van der Waals surface area contributed by atoms with Crippen LogP contribution in [0.15, 0.2) is 18.2 Å². The van der Waals surface area contributed by atoms with Gasteiger partial charge in [0.1, 0.15) is 5.60 Å². The summed E-state index contributed by atoms with van der Waals surface area (Å²) in [6.07, 6.45) is -0.416. The Labute approximate surface area is 148 Å². The number of nitrogens with one attached hydrogen (secondary N) is 2. The average Bonchev–Trinajstić information content (AvgIpc) is 2.38. The number of benzene rings is 1. The molecule has 2 N–H and O–H groups in total. The number of hydrogen-bond donors (Lipinski definition) is 2. The van der Waals surface area contributed by atoms with Gasteiger partial charge in [-0.15, -0.1) is 0 Å². The lowest BCUT2D eigenvalue weighted by Crippen LogP contribution is -2.45. The van der Waals surface area contributed by atoms with Gasteiger partial charge in [-0.25, -0.2) is 4.79 Å². The van der Waals surface area contributed by atoms with Gasteiger partial charge in [-0.05, 0) is 38.8 Å². The third-order valence-corrected chi connectivity index (χ3v) is 3.98. The van der Waals surface area contributed by atoms with Crippen molar-refractivity contribution in [1.29, 1.82) is 0 Å². The Morgan fingerprint density at radius 2 is 1.78 bits per heavy atom. The minimum atomic E-state index is -0.504. The van der Waals surface area contributed by atoms with E-state index in [0.717, 1.165) is 5.56 Å². The maximum atomic E-state index is 11.8. The van der Waals surface area contributed by atoms with Crippen molar-refractivity contribution in [3.05, 3.63) is 33.8 Å². The zero-order valence-corrected chi connectivity index (χ0v) is 15.9. The summed E-state index contributed by atoms with van der Waals surface area (Å²) < 4.78 is 5.25. The number of carbonyl (C=O) groups is 1. The highest BCUT2D eigenvalue weighted by atomic mass is 35.5. The molecule has 1 amide bonds. The van der Waals surface area contributed by atoms with Crippen LogP contribution in [0, 0.1) is 5.92 Å². The highest BCUT2D eigenvalue weighted by molar-refractivity contribution is 6.35. The first kappa shape index (κ1) is 20.1. The van der Waals surface area contributed by atoms with Gasteiger partial charge in [-0.1, -0.05) is 43.1 Å². The summed E-state index contributed by atoms with van der Waals surface area (Å²) in [6.45, 7) is 10.7. The van der Waals surface area contributed by atoms with Gasteiger partial charge in [0.05, 0.1) is 0 Å². The topological polar surface area (TPSA) is 50.4 Å². The van der Waals surface area contributed by atoms with Crippen LogP contribution in [0.4, 0.5) is 4.79 Å². The lowest BCUT2D eigenvalue weighted by Gasteiger charge is -2.25. The largest absolute Gasteiger partial charge is 0.444 e. The Kier molecular flexibility index (Phi) is 7.65. The van der Waals surface area contributed by atoms with Crippen molar-refractivity contribution < 1.29 is 9.53 Å². The van der Waals surface area contributed by atoms with Gasteiger partial charge < -0.3 is 15.4 Å². The minimum absolute atomic E-state index is 0.0786. The first-order valence-electron chi connectivity index (χ1n) is 7.73.